The van der Waals surface area contributed by atoms with Gasteiger partial charge in [0.1, 0.15) is 11.4 Å². The number of thiazole rings is 2. The summed E-state index contributed by atoms with van der Waals surface area (Å²) in [4.78, 5) is 38.5. The summed E-state index contributed by atoms with van der Waals surface area (Å²) in [6.45, 7) is 3.89. The zero-order valence-electron chi connectivity index (χ0n) is 17.2. The van der Waals surface area contributed by atoms with Crippen molar-refractivity contribution in [3.8, 4) is 0 Å². The van der Waals surface area contributed by atoms with Crippen LogP contribution in [0, 0.1) is 13.8 Å². The summed E-state index contributed by atoms with van der Waals surface area (Å²) in [5.74, 6) is -0.774. The van der Waals surface area contributed by atoms with E-state index in [0.29, 0.717) is 11.4 Å². The number of carbonyl (C=O) groups excluding carboxylic acids is 2. The highest BCUT2D eigenvalue weighted by Gasteiger charge is 2.14. The Kier molecular flexibility index (Phi) is 5.12. The number of aromatic nitrogens is 3. The fourth-order valence-corrected chi connectivity index (χ4v) is 5.05. The number of pyridine rings is 1. The largest absolute Gasteiger partial charge is 0.321 e. The van der Waals surface area contributed by atoms with Crippen molar-refractivity contribution in [3.05, 3.63) is 76.0 Å². The second-order valence-electron chi connectivity index (χ2n) is 7.15. The predicted molar refractivity (Wildman–Crippen MR) is 129 cm³/mol. The summed E-state index contributed by atoms with van der Waals surface area (Å²) < 4.78 is 1.99. The zero-order chi connectivity index (χ0) is 22.2. The van der Waals surface area contributed by atoms with E-state index in [1.807, 2.05) is 38.1 Å². The van der Waals surface area contributed by atoms with Crippen LogP contribution in [-0.2, 0) is 0 Å². The molecule has 3 aromatic heterocycles. The zero-order valence-corrected chi connectivity index (χ0v) is 18.8. The van der Waals surface area contributed by atoms with E-state index < -0.39 is 0 Å². The Hall–Kier alpha value is -3.69. The van der Waals surface area contributed by atoms with Crippen LogP contribution >= 0.6 is 22.7 Å². The van der Waals surface area contributed by atoms with Crippen LogP contribution in [0.25, 0.3) is 20.4 Å². The van der Waals surface area contributed by atoms with E-state index in [2.05, 4.69) is 25.6 Å². The number of hydrogen-bond donors (Lipinski definition) is 2. The second-order valence-corrected chi connectivity index (χ2v) is 9.62. The van der Waals surface area contributed by atoms with Crippen LogP contribution in [-0.4, -0.2) is 26.8 Å². The minimum absolute atomic E-state index is 0.159. The van der Waals surface area contributed by atoms with E-state index in [1.165, 1.54) is 0 Å². The van der Waals surface area contributed by atoms with Gasteiger partial charge in [-0.3, -0.25) is 9.59 Å². The standard InChI is InChI=1S/C23H17N5O2S2/c1-12-24-16-8-6-14(10-20(16)31-12)26-22(29)18-4-3-5-19(28-18)23(30)27-15-7-9-17-21(11-15)32-13(2)25-17/h3-11H,1-2H3,(H,26,29)(H,27,30). The van der Waals surface area contributed by atoms with E-state index in [9.17, 15) is 9.59 Å². The van der Waals surface area contributed by atoms with E-state index in [0.717, 1.165) is 30.4 Å². The van der Waals surface area contributed by atoms with E-state index in [-0.39, 0.29) is 23.2 Å². The first-order valence-electron chi connectivity index (χ1n) is 9.79. The average Bonchev–Trinajstić information content (AvgIpc) is 3.33. The molecule has 32 heavy (non-hydrogen) atoms. The third-order valence-corrected chi connectivity index (χ3v) is 6.59. The van der Waals surface area contributed by atoms with Crippen molar-refractivity contribution >= 4 is 66.3 Å². The highest BCUT2D eigenvalue weighted by molar-refractivity contribution is 7.18. The summed E-state index contributed by atoms with van der Waals surface area (Å²) in [5.41, 5.74) is 3.41. The highest BCUT2D eigenvalue weighted by atomic mass is 32.1. The lowest BCUT2D eigenvalue weighted by molar-refractivity contribution is 0.101. The van der Waals surface area contributed by atoms with Crippen LogP contribution in [0.3, 0.4) is 0 Å². The van der Waals surface area contributed by atoms with Gasteiger partial charge in [0.25, 0.3) is 11.8 Å². The SMILES string of the molecule is Cc1nc2ccc(NC(=O)c3cccc(C(=O)Nc4ccc5nc(C)sc5c4)n3)cc2s1. The molecule has 2 aromatic carbocycles. The van der Waals surface area contributed by atoms with Crippen LogP contribution < -0.4 is 10.6 Å². The third kappa shape index (κ3) is 4.08. The van der Waals surface area contributed by atoms with Gasteiger partial charge in [-0.1, -0.05) is 6.07 Å². The summed E-state index contributed by atoms with van der Waals surface area (Å²) in [5, 5.41) is 7.61. The minimum Gasteiger partial charge on any atom is -0.321 e. The first kappa shape index (κ1) is 20.2. The Balaban J connectivity index is 1.32. The Morgan fingerprint density at radius 1 is 0.688 bits per heavy atom. The Bertz CT molecular complexity index is 1400. The molecule has 0 aliphatic carbocycles. The third-order valence-electron chi connectivity index (χ3n) is 4.72. The number of nitrogens with one attached hydrogen (secondary N) is 2. The van der Waals surface area contributed by atoms with Gasteiger partial charge in [0.15, 0.2) is 0 Å². The summed E-state index contributed by atoms with van der Waals surface area (Å²) >= 11 is 3.13. The highest BCUT2D eigenvalue weighted by Crippen LogP contribution is 2.26. The molecule has 0 bridgehead atoms. The van der Waals surface area contributed by atoms with Gasteiger partial charge in [-0.15, -0.1) is 22.7 Å². The van der Waals surface area contributed by atoms with Crippen molar-refractivity contribution in [1.29, 1.82) is 0 Å². The van der Waals surface area contributed by atoms with Crippen LogP contribution in [0.4, 0.5) is 11.4 Å². The number of nitrogens with zero attached hydrogens (tertiary/aromatic N) is 3. The molecular formula is C23H17N5O2S2. The van der Waals surface area contributed by atoms with Gasteiger partial charge in [0.2, 0.25) is 0 Å². The maximum Gasteiger partial charge on any atom is 0.274 e. The first-order valence-corrected chi connectivity index (χ1v) is 11.4. The van der Waals surface area contributed by atoms with E-state index in [1.54, 1.807) is 53.0 Å². The fraction of sp³-hybridized carbons (Fsp3) is 0.0870. The lowest BCUT2D eigenvalue weighted by Gasteiger charge is -2.07. The molecule has 0 spiro atoms. The number of rotatable bonds is 4. The molecule has 3 heterocycles. The maximum atomic E-state index is 12.7. The molecule has 0 aliphatic heterocycles. The lowest BCUT2D eigenvalue weighted by atomic mass is 10.2. The Labute approximate surface area is 191 Å². The molecule has 0 radical (unpaired) electrons. The summed E-state index contributed by atoms with van der Waals surface area (Å²) in [7, 11) is 0. The molecule has 0 atom stereocenters. The van der Waals surface area contributed by atoms with Crippen molar-refractivity contribution in [2.45, 2.75) is 13.8 Å². The molecule has 0 fully saturated rings. The first-order chi connectivity index (χ1) is 15.4. The molecule has 5 rings (SSSR count). The number of carbonyl (C=O) groups is 2. The monoisotopic (exact) mass is 459 g/mol. The molecular weight excluding hydrogens is 442 g/mol. The van der Waals surface area contributed by atoms with Gasteiger partial charge in [0.05, 0.1) is 30.4 Å². The predicted octanol–water partition coefficient (Wildman–Crippen LogP) is 5.42. The van der Waals surface area contributed by atoms with Gasteiger partial charge >= 0.3 is 0 Å². The molecule has 7 nitrogen and oxygen atoms in total. The van der Waals surface area contributed by atoms with Gasteiger partial charge < -0.3 is 10.6 Å². The molecule has 2 N–H and O–H groups in total. The molecule has 0 unspecified atom stereocenters. The Morgan fingerprint density at radius 3 is 1.62 bits per heavy atom. The number of benzene rings is 2. The topological polar surface area (TPSA) is 96.9 Å². The van der Waals surface area contributed by atoms with Crippen LogP contribution in [0.1, 0.15) is 31.0 Å². The number of anilines is 2. The summed E-state index contributed by atoms with van der Waals surface area (Å²) in [6, 6.07) is 15.9. The second kappa shape index (κ2) is 8.10. The molecule has 0 aliphatic rings. The smallest absolute Gasteiger partial charge is 0.274 e. The molecule has 5 aromatic rings. The van der Waals surface area contributed by atoms with Crippen molar-refractivity contribution in [3.63, 3.8) is 0 Å². The summed E-state index contributed by atoms with van der Waals surface area (Å²) in [6.07, 6.45) is 0. The normalized spacial score (nSPS) is 11.1. The molecule has 0 saturated heterocycles. The Morgan fingerprint density at radius 2 is 1.16 bits per heavy atom. The van der Waals surface area contributed by atoms with Gasteiger partial charge in [-0.05, 0) is 62.4 Å². The number of amides is 2. The molecule has 2 amide bonds. The van der Waals surface area contributed by atoms with Crippen molar-refractivity contribution in [2.24, 2.45) is 0 Å². The maximum absolute atomic E-state index is 12.7. The van der Waals surface area contributed by atoms with Gasteiger partial charge in [-0.25, -0.2) is 15.0 Å². The number of fused-ring (bicyclic) bond motifs is 2. The van der Waals surface area contributed by atoms with Crippen molar-refractivity contribution in [2.75, 3.05) is 10.6 Å². The number of hydrogen-bond acceptors (Lipinski definition) is 7. The lowest BCUT2D eigenvalue weighted by Crippen LogP contribution is -2.18. The molecule has 0 saturated carbocycles. The van der Waals surface area contributed by atoms with Crippen LogP contribution in [0.2, 0.25) is 0 Å². The van der Waals surface area contributed by atoms with Crippen LogP contribution in [0.5, 0.6) is 0 Å². The van der Waals surface area contributed by atoms with Crippen molar-refractivity contribution in [1.82, 2.24) is 15.0 Å². The van der Waals surface area contributed by atoms with Gasteiger partial charge in [-0.2, -0.15) is 0 Å². The van der Waals surface area contributed by atoms with Crippen molar-refractivity contribution < 1.29 is 9.59 Å². The quantitative estimate of drug-likeness (QED) is 0.374. The molecule has 158 valence electrons. The van der Waals surface area contributed by atoms with Gasteiger partial charge in [0, 0.05) is 11.4 Å². The molecule has 9 heteroatoms. The van der Waals surface area contributed by atoms with E-state index >= 15 is 0 Å². The average molecular weight is 460 g/mol. The van der Waals surface area contributed by atoms with E-state index in [4.69, 9.17) is 0 Å². The number of aryl methyl sites for hydroxylation is 2. The van der Waals surface area contributed by atoms with Crippen LogP contribution in [0.15, 0.2) is 54.6 Å². The minimum atomic E-state index is -0.387. The fourth-order valence-electron chi connectivity index (χ4n) is 3.31.